The van der Waals surface area contributed by atoms with E-state index >= 15 is 0 Å². The normalized spacial score (nSPS) is 15.2. The molecule has 2 N–H and O–H groups in total. The number of hydrogen-bond acceptors (Lipinski definition) is 7. The second kappa shape index (κ2) is 8.36. The van der Waals surface area contributed by atoms with Crippen LogP contribution in [0.5, 0.6) is 5.75 Å². The summed E-state index contributed by atoms with van der Waals surface area (Å²) in [4.78, 5) is 22.7. The predicted molar refractivity (Wildman–Crippen MR) is 118 cm³/mol. The topological polar surface area (TPSA) is 79.4 Å². The summed E-state index contributed by atoms with van der Waals surface area (Å²) in [5.74, 6) is -1.90. The molecule has 0 saturated heterocycles. The van der Waals surface area contributed by atoms with Gasteiger partial charge in [0.25, 0.3) is 5.91 Å². The third kappa shape index (κ3) is 3.76. The van der Waals surface area contributed by atoms with E-state index in [0.29, 0.717) is 11.0 Å². The van der Waals surface area contributed by atoms with Crippen LogP contribution in [0.1, 0.15) is 21.5 Å². The van der Waals surface area contributed by atoms with Gasteiger partial charge in [0.15, 0.2) is 11.6 Å². The van der Waals surface area contributed by atoms with Crippen LogP contribution in [0.15, 0.2) is 41.6 Å². The van der Waals surface area contributed by atoms with E-state index in [2.05, 4.69) is 32.7 Å². The number of hydrogen-bond donors (Lipinski definition) is 2. The van der Waals surface area contributed by atoms with Gasteiger partial charge in [0.05, 0.1) is 18.6 Å². The van der Waals surface area contributed by atoms with Gasteiger partial charge in [-0.25, -0.2) is 18.7 Å². The van der Waals surface area contributed by atoms with Crippen molar-refractivity contribution in [3.05, 3.63) is 64.9 Å². The molecular formula is C22H19F2N5O2S. The van der Waals surface area contributed by atoms with Crippen molar-refractivity contribution in [2.45, 2.75) is 18.0 Å². The van der Waals surface area contributed by atoms with Crippen LogP contribution in [-0.2, 0) is 13.0 Å². The molecule has 0 fully saturated rings. The summed E-state index contributed by atoms with van der Waals surface area (Å²) >= 11 is 1.21. The van der Waals surface area contributed by atoms with Gasteiger partial charge < -0.3 is 15.4 Å². The molecule has 1 aromatic heterocycles. The molecule has 2 aliphatic heterocycles. The molecule has 3 heterocycles. The third-order valence-corrected chi connectivity index (χ3v) is 6.38. The van der Waals surface area contributed by atoms with E-state index in [1.165, 1.54) is 36.2 Å². The number of carbonyl (C=O) groups is 1. The Morgan fingerprint density at radius 2 is 2.00 bits per heavy atom. The zero-order chi connectivity index (χ0) is 22.2. The number of fused-ring (bicyclic) bond motifs is 2. The number of carbonyl (C=O) groups excluding carboxylic acids is 1. The fourth-order valence-electron chi connectivity index (χ4n) is 3.78. The van der Waals surface area contributed by atoms with Gasteiger partial charge in [0, 0.05) is 30.6 Å². The van der Waals surface area contributed by atoms with Crippen LogP contribution in [0.2, 0.25) is 0 Å². The SMILES string of the molecule is COc1cc(F)c(N2CSc3nc(Nc4ccc5c(c4)CNCC5)ncc3C2=O)c(F)c1. The van der Waals surface area contributed by atoms with Crippen LogP contribution in [0.3, 0.4) is 0 Å². The van der Waals surface area contributed by atoms with Crippen molar-refractivity contribution in [1.82, 2.24) is 15.3 Å². The first kappa shape index (κ1) is 20.7. The van der Waals surface area contributed by atoms with Crippen LogP contribution >= 0.6 is 11.8 Å². The molecule has 5 rings (SSSR count). The zero-order valence-corrected chi connectivity index (χ0v) is 17.9. The zero-order valence-electron chi connectivity index (χ0n) is 17.1. The maximum absolute atomic E-state index is 14.5. The van der Waals surface area contributed by atoms with Crippen molar-refractivity contribution in [1.29, 1.82) is 0 Å². The molecule has 0 bridgehead atoms. The molecule has 7 nitrogen and oxygen atoms in total. The van der Waals surface area contributed by atoms with Gasteiger partial charge in [-0.05, 0) is 36.2 Å². The number of ether oxygens (including phenoxy) is 1. The lowest BCUT2D eigenvalue weighted by Crippen LogP contribution is -2.36. The first-order valence-corrected chi connectivity index (χ1v) is 11.0. The van der Waals surface area contributed by atoms with Gasteiger partial charge in [-0.2, -0.15) is 0 Å². The molecule has 0 saturated carbocycles. The molecule has 0 radical (unpaired) electrons. The van der Waals surface area contributed by atoms with Crippen LogP contribution in [0, 0.1) is 11.6 Å². The average Bonchev–Trinajstić information content (AvgIpc) is 2.80. The Bertz CT molecular complexity index is 1200. The lowest BCUT2D eigenvalue weighted by atomic mass is 10.0. The number of methoxy groups -OCH3 is 1. The maximum atomic E-state index is 14.5. The highest BCUT2D eigenvalue weighted by molar-refractivity contribution is 7.99. The van der Waals surface area contributed by atoms with Gasteiger partial charge in [-0.15, -0.1) is 0 Å². The molecule has 2 aliphatic rings. The van der Waals surface area contributed by atoms with E-state index in [-0.39, 0.29) is 17.2 Å². The smallest absolute Gasteiger partial charge is 0.263 e. The number of nitrogens with one attached hydrogen (secondary N) is 2. The van der Waals surface area contributed by atoms with E-state index < -0.39 is 23.2 Å². The van der Waals surface area contributed by atoms with E-state index in [9.17, 15) is 13.6 Å². The highest BCUT2D eigenvalue weighted by Crippen LogP contribution is 2.36. The summed E-state index contributed by atoms with van der Waals surface area (Å²) < 4.78 is 33.9. The van der Waals surface area contributed by atoms with Gasteiger partial charge in [0.1, 0.15) is 16.5 Å². The standard InChI is InChI=1S/C22H19F2N5O2S/c1-31-15-7-17(23)19(18(24)8-15)29-11-32-20-16(21(29)30)10-26-22(28-20)27-14-3-2-12-4-5-25-9-13(12)6-14/h2-3,6-8,10,25H,4-5,9,11H2,1H3,(H,26,27,28). The summed E-state index contributed by atoms with van der Waals surface area (Å²) in [6, 6.07) is 8.21. The molecule has 3 aromatic rings. The maximum Gasteiger partial charge on any atom is 0.263 e. The monoisotopic (exact) mass is 455 g/mol. The van der Waals surface area contributed by atoms with Gasteiger partial charge in [-0.3, -0.25) is 9.69 Å². The second-order valence-electron chi connectivity index (χ2n) is 7.39. The number of rotatable bonds is 4. The summed E-state index contributed by atoms with van der Waals surface area (Å²) in [5.41, 5.74) is 3.17. The van der Waals surface area contributed by atoms with Crippen molar-refractivity contribution in [3.63, 3.8) is 0 Å². The molecule has 0 atom stereocenters. The summed E-state index contributed by atoms with van der Waals surface area (Å²) in [7, 11) is 1.32. The lowest BCUT2D eigenvalue weighted by molar-refractivity contribution is 0.0984. The molecule has 2 aromatic carbocycles. The average molecular weight is 455 g/mol. The highest BCUT2D eigenvalue weighted by Gasteiger charge is 2.32. The number of nitrogens with zero attached hydrogens (tertiary/aromatic N) is 3. The van der Waals surface area contributed by atoms with Crippen molar-refractivity contribution in [2.24, 2.45) is 0 Å². The third-order valence-electron chi connectivity index (χ3n) is 5.40. The predicted octanol–water partition coefficient (Wildman–Crippen LogP) is 3.86. The lowest BCUT2D eigenvalue weighted by Gasteiger charge is -2.28. The van der Waals surface area contributed by atoms with E-state index in [4.69, 9.17) is 4.74 Å². The molecule has 164 valence electrons. The molecule has 32 heavy (non-hydrogen) atoms. The molecule has 10 heteroatoms. The molecule has 0 unspecified atom stereocenters. The van der Waals surface area contributed by atoms with Gasteiger partial charge in [-0.1, -0.05) is 17.8 Å². The minimum absolute atomic E-state index is 0.0208. The Hall–Kier alpha value is -3.24. The van der Waals surface area contributed by atoms with Crippen LogP contribution in [0.4, 0.5) is 26.1 Å². The van der Waals surface area contributed by atoms with Crippen LogP contribution < -0.4 is 20.3 Å². The molecule has 0 aliphatic carbocycles. The highest BCUT2D eigenvalue weighted by atomic mass is 32.2. The number of thioether (sulfide) groups is 1. The summed E-state index contributed by atoms with van der Waals surface area (Å²) in [6.07, 6.45) is 2.38. The van der Waals surface area contributed by atoms with E-state index in [1.807, 2.05) is 6.07 Å². The van der Waals surface area contributed by atoms with E-state index in [1.54, 1.807) is 0 Å². The fourth-order valence-corrected chi connectivity index (χ4v) is 4.73. The first-order valence-electron chi connectivity index (χ1n) is 9.98. The minimum Gasteiger partial charge on any atom is -0.497 e. The second-order valence-corrected chi connectivity index (χ2v) is 8.33. The van der Waals surface area contributed by atoms with Crippen molar-refractivity contribution >= 4 is 35.0 Å². The number of halogens is 2. The van der Waals surface area contributed by atoms with Gasteiger partial charge in [0.2, 0.25) is 5.95 Å². The Kier molecular flexibility index (Phi) is 5.40. The Labute approximate surface area is 187 Å². The fraction of sp³-hybridized carbons (Fsp3) is 0.227. The van der Waals surface area contributed by atoms with E-state index in [0.717, 1.165) is 42.2 Å². The number of aromatic nitrogens is 2. The Balaban J connectivity index is 1.39. The van der Waals surface area contributed by atoms with Crippen LogP contribution in [0.25, 0.3) is 0 Å². The number of amides is 1. The molecule has 0 spiro atoms. The van der Waals surface area contributed by atoms with Crippen molar-refractivity contribution in [2.75, 3.05) is 29.7 Å². The largest absolute Gasteiger partial charge is 0.497 e. The van der Waals surface area contributed by atoms with Gasteiger partial charge >= 0.3 is 0 Å². The van der Waals surface area contributed by atoms with Crippen molar-refractivity contribution in [3.8, 4) is 5.75 Å². The summed E-state index contributed by atoms with van der Waals surface area (Å²) in [6.45, 7) is 1.79. The number of benzene rings is 2. The Morgan fingerprint density at radius 3 is 2.78 bits per heavy atom. The Morgan fingerprint density at radius 1 is 1.19 bits per heavy atom. The minimum atomic E-state index is -0.875. The quantitative estimate of drug-likeness (QED) is 0.579. The number of anilines is 3. The van der Waals surface area contributed by atoms with Crippen molar-refractivity contribution < 1.29 is 18.3 Å². The summed E-state index contributed by atoms with van der Waals surface area (Å²) in [5, 5.41) is 6.97. The molecular weight excluding hydrogens is 436 g/mol. The van der Waals surface area contributed by atoms with Crippen LogP contribution in [-0.4, -0.2) is 35.4 Å². The first-order chi connectivity index (χ1) is 15.5. The molecule has 1 amide bonds.